The van der Waals surface area contributed by atoms with E-state index in [9.17, 15) is 9.00 Å². The number of nitrogens with one attached hydrogen (secondary N) is 1. The third kappa shape index (κ3) is 5.00. The van der Waals surface area contributed by atoms with Crippen LogP contribution in [0, 0.1) is 0 Å². The van der Waals surface area contributed by atoms with Crippen molar-refractivity contribution in [1.29, 1.82) is 0 Å². The van der Waals surface area contributed by atoms with Crippen molar-refractivity contribution in [2.75, 3.05) is 18.8 Å². The van der Waals surface area contributed by atoms with Gasteiger partial charge in [-0.1, -0.05) is 0 Å². The van der Waals surface area contributed by atoms with E-state index in [-0.39, 0.29) is 5.91 Å². The summed E-state index contributed by atoms with van der Waals surface area (Å²) in [6.45, 7) is 4.62. The molecule has 5 heteroatoms. The minimum absolute atomic E-state index is 0.141. The van der Waals surface area contributed by atoms with Crippen molar-refractivity contribution in [1.82, 2.24) is 5.32 Å². The fourth-order valence-electron chi connectivity index (χ4n) is 0.840. The summed E-state index contributed by atoms with van der Waals surface area (Å²) in [5, 5.41) is 2.21. The molecule has 0 aliphatic carbocycles. The van der Waals surface area contributed by atoms with Crippen molar-refractivity contribution in [3.63, 3.8) is 0 Å². The van der Waals surface area contributed by atoms with Crippen LogP contribution in [-0.4, -0.2) is 34.2 Å². The van der Waals surface area contributed by atoms with E-state index in [4.69, 9.17) is 5.73 Å². The second-order valence-corrected chi connectivity index (χ2v) is 4.64. The maximum Gasteiger partial charge on any atom is 0.235 e. The lowest BCUT2D eigenvalue weighted by molar-refractivity contribution is -0.120. The Hall–Kier alpha value is -0.420. The topological polar surface area (TPSA) is 72.2 Å². The lowest BCUT2D eigenvalue weighted by Crippen LogP contribution is -2.36. The molecule has 0 heterocycles. The predicted octanol–water partition coefficient (Wildman–Crippen LogP) is -0.391. The summed E-state index contributed by atoms with van der Waals surface area (Å²) in [6, 6.07) is 0. The number of hydrogen-bond donors (Lipinski definition) is 2. The van der Waals surface area contributed by atoms with Gasteiger partial charge in [0.2, 0.25) is 5.91 Å². The molecule has 0 rings (SSSR count). The Morgan fingerprint density at radius 2 is 2.23 bits per heavy atom. The Bertz CT molecular complexity index is 185. The molecular formula is C8H18N2O2S. The molecule has 0 aliphatic rings. The summed E-state index contributed by atoms with van der Waals surface area (Å²) in [6.07, 6.45) is 0.705. The zero-order valence-corrected chi connectivity index (χ0v) is 9.02. The second kappa shape index (κ2) is 7.03. The fraction of sp³-hybridized carbons (Fsp3) is 0.875. The first-order valence-corrected chi connectivity index (χ1v) is 5.86. The molecule has 0 aromatic heterocycles. The van der Waals surface area contributed by atoms with Gasteiger partial charge < -0.3 is 11.1 Å². The third-order valence-corrected chi connectivity index (χ3v) is 3.36. The van der Waals surface area contributed by atoms with Crippen LogP contribution in [0.3, 0.4) is 0 Å². The summed E-state index contributed by atoms with van der Waals surface area (Å²) in [5.74, 6) is 0.368. The molecule has 4 nitrogen and oxygen atoms in total. The maximum atomic E-state index is 11.4. The van der Waals surface area contributed by atoms with E-state index in [0.717, 1.165) is 0 Å². The van der Waals surface area contributed by atoms with Crippen LogP contribution in [0.5, 0.6) is 0 Å². The van der Waals surface area contributed by atoms with Crippen molar-refractivity contribution >= 4 is 16.7 Å². The predicted molar refractivity (Wildman–Crippen MR) is 54.8 cm³/mol. The molecule has 78 valence electrons. The number of amides is 1. The first-order valence-electron chi connectivity index (χ1n) is 4.48. The Balaban J connectivity index is 3.87. The molecule has 1 amide bonds. The molecule has 2 unspecified atom stereocenters. The molecule has 0 fully saturated rings. The highest BCUT2D eigenvalue weighted by atomic mass is 32.2. The van der Waals surface area contributed by atoms with Crippen LogP contribution in [0.4, 0.5) is 0 Å². The molecule has 0 radical (unpaired) electrons. The normalized spacial score (nSPS) is 15.0. The van der Waals surface area contributed by atoms with Crippen LogP contribution in [0.15, 0.2) is 0 Å². The van der Waals surface area contributed by atoms with Crippen LogP contribution in [0.2, 0.25) is 0 Å². The van der Waals surface area contributed by atoms with Gasteiger partial charge in [-0.15, -0.1) is 0 Å². The number of hydrogen-bond acceptors (Lipinski definition) is 3. The molecular weight excluding hydrogens is 188 g/mol. The quantitative estimate of drug-likeness (QED) is 0.621. The van der Waals surface area contributed by atoms with Gasteiger partial charge in [0, 0.05) is 23.1 Å². The minimum Gasteiger partial charge on any atom is -0.355 e. The van der Waals surface area contributed by atoms with Crippen molar-refractivity contribution < 1.29 is 9.00 Å². The lowest BCUT2D eigenvalue weighted by Gasteiger charge is -2.10. The summed E-state index contributed by atoms with van der Waals surface area (Å²) in [5.41, 5.74) is 5.28. The molecule has 0 saturated heterocycles. The second-order valence-electron chi connectivity index (χ2n) is 2.76. The van der Waals surface area contributed by atoms with Crippen LogP contribution < -0.4 is 11.1 Å². The number of nitrogens with two attached hydrogens (primary N) is 1. The van der Waals surface area contributed by atoms with Crippen molar-refractivity contribution in [2.24, 2.45) is 5.73 Å². The Labute approximate surface area is 81.7 Å². The van der Waals surface area contributed by atoms with E-state index in [0.29, 0.717) is 25.3 Å². The molecule has 2 atom stereocenters. The highest BCUT2D eigenvalue weighted by Gasteiger charge is 2.18. The van der Waals surface area contributed by atoms with Gasteiger partial charge in [0.05, 0.1) is 0 Å². The molecule has 0 aromatic rings. The van der Waals surface area contributed by atoms with Gasteiger partial charge in [-0.2, -0.15) is 0 Å². The van der Waals surface area contributed by atoms with Crippen LogP contribution in [0.1, 0.15) is 20.3 Å². The highest BCUT2D eigenvalue weighted by Crippen LogP contribution is 1.97. The zero-order valence-electron chi connectivity index (χ0n) is 8.21. The van der Waals surface area contributed by atoms with Crippen LogP contribution in [-0.2, 0) is 15.6 Å². The van der Waals surface area contributed by atoms with Crippen molar-refractivity contribution in [3.05, 3.63) is 0 Å². The summed E-state index contributed by atoms with van der Waals surface area (Å²) < 4.78 is 11.4. The Morgan fingerprint density at radius 3 is 2.69 bits per heavy atom. The standard InChI is InChI=1S/C8H18N2O2S/c1-3-10-8(11)7(2)13(12)6-4-5-9/h7H,3-6,9H2,1-2H3,(H,10,11). The van der Waals surface area contributed by atoms with Crippen molar-refractivity contribution in [2.45, 2.75) is 25.5 Å². The first-order chi connectivity index (χ1) is 6.13. The summed E-state index contributed by atoms with van der Waals surface area (Å²) >= 11 is 0. The number of rotatable bonds is 6. The van der Waals surface area contributed by atoms with Gasteiger partial charge >= 0.3 is 0 Å². The molecule has 0 spiro atoms. The van der Waals surface area contributed by atoms with Gasteiger partial charge in [-0.05, 0) is 26.8 Å². The average Bonchev–Trinajstić information content (AvgIpc) is 2.13. The zero-order chi connectivity index (χ0) is 10.3. The lowest BCUT2D eigenvalue weighted by atomic mass is 10.4. The van der Waals surface area contributed by atoms with Gasteiger partial charge in [0.25, 0.3) is 0 Å². The Kier molecular flexibility index (Phi) is 6.80. The van der Waals surface area contributed by atoms with Crippen LogP contribution >= 0.6 is 0 Å². The van der Waals surface area contributed by atoms with Gasteiger partial charge in [-0.25, -0.2) is 0 Å². The van der Waals surface area contributed by atoms with E-state index < -0.39 is 16.0 Å². The first kappa shape index (κ1) is 12.6. The van der Waals surface area contributed by atoms with E-state index in [1.54, 1.807) is 6.92 Å². The molecule has 0 bridgehead atoms. The summed E-state index contributed by atoms with van der Waals surface area (Å²) in [7, 11) is -1.09. The van der Waals surface area contributed by atoms with E-state index in [1.807, 2.05) is 6.92 Å². The molecule has 0 saturated carbocycles. The van der Waals surface area contributed by atoms with Gasteiger partial charge in [0.15, 0.2) is 0 Å². The van der Waals surface area contributed by atoms with E-state index in [2.05, 4.69) is 5.32 Å². The summed E-state index contributed by atoms with van der Waals surface area (Å²) in [4.78, 5) is 11.2. The van der Waals surface area contributed by atoms with Crippen LogP contribution in [0.25, 0.3) is 0 Å². The molecule has 0 aliphatic heterocycles. The monoisotopic (exact) mass is 206 g/mol. The molecule has 13 heavy (non-hydrogen) atoms. The number of carbonyl (C=O) groups excluding carboxylic acids is 1. The average molecular weight is 206 g/mol. The van der Waals surface area contributed by atoms with E-state index >= 15 is 0 Å². The maximum absolute atomic E-state index is 11.4. The fourth-order valence-corrected chi connectivity index (χ4v) is 1.97. The number of carbonyl (C=O) groups is 1. The van der Waals surface area contributed by atoms with Crippen molar-refractivity contribution in [3.8, 4) is 0 Å². The minimum atomic E-state index is -1.09. The molecule has 0 aromatic carbocycles. The largest absolute Gasteiger partial charge is 0.355 e. The van der Waals surface area contributed by atoms with Gasteiger partial charge in [-0.3, -0.25) is 9.00 Å². The van der Waals surface area contributed by atoms with Gasteiger partial charge in [0.1, 0.15) is 5.25 Å². The smallest absolute Gasteiger partial charge is 0.235 e. The van der Waals surface area contributed by atoms with E-state index in [1.165, 1.54) is 0 Å². The third-order valence-electron chi connectivity index (χ3n) is 1.66. The highest BCUT2D eigenvalue weighted by molar-refractivity contribution is 7.86. The molecule has 3 N–H and O–H groups in total. The SMILES string of the molecule is CCNC(=O)C(C)S(=O)CCCN. The Morgan fingerprint density at radius 1 is 1.62 bits per heavy atom.